The number of aryl methyl sites for hydroxylation is 2. The summed E-state index contributed by atoms with van der Waals surface area (Å²) < 4.78 is 5.33. The molecule has 0 fully saturated rings. The predicted molar refractivity (Wildman–Crippen MR) is 85.7 cm³/mol. The molecule has 5 nitrogen and oxygen atoms in total. The first-order chi connectivity index (χ1) is 10.6. The minimum atomic E-state index is -0.481. The van der Waals surface area contributed by atoms with E-state index in [-0.39, 0.29) is 0 Å². The van der Waals surface area contributed by atoms with E-state index in [0.29, 0.717) is 11.5 Å². The summed E-state index contributed by atoms with van der Waals surface area (Å²) in [6, 6.07) is 3.70. The molecule has 22 heavy (non-hydrogen) atoms. The Hall–Kier alpha value is -2.47. The van der Waals surface area contributed by atoms with Gasteiger partial charge in [-0.05, 0) is 31.0 Å². The summed E-state index contributed by atoms with van der Waals surface area (Å²) in [4.78, 5) is 20.6. The Kier molecular flexibility index (Phi) is 3.77. The van der Waals surface area contributed by atoms with E-state index in [4.69, 9.17) is 10.2 Å². The molecule has 0 aliphatic carbocycles. The number of rotatable bonds is 4. The Morgan fingerprint density at radius 2 is 2.23 bits per heavy atom. The zero-order valence-electron chi connectivity index (χ0n) is 12.3. The molecule has 0 unspecified atom stereocenters. The fourth-order valence-electron chi connectivity index (χ4n) is 2.39. The Bertz CT molecular complexity index is 822. The zero-order valence-corrected chi connectivity index (χ0v) is 13.1. The molecule has 0 saturated heterocycles. The van der Waals surface area contributed by atoms with Crippen LogP contribution in [-0.2, 0) is 6.42 Å². The molecule has 1 aromatic carbocycles. The number of nitrogens with zero attached hydrogens (tertiary/aromatic N) is 2. The number of oxazole rings is 1. The van der Waals surface area contributed by atoms with Gasteiger partial charge in [-0.15, -0.1) is 11.3 Å². The van der Waals surface area contributed by atoms with Crippen LogP contribution in [0, 0.1) is 6.92 Å². The number of benzene rings is 1. The normalized spacial score (nSPS) is 10.8. The van der Waals surface area contributed by atoms with E-state index in [1.165, 1.54) is 17.6 Å². The summed E-state index contributed by atoms with van der Waals surface area (Å²) in [5.41, 5.74) is 9.51. The molecule has 0 saturated carbocycles. The van der Waals surface area contributed by atoms with Gasteiger partial charge >= 0.3 is 0 Å². The number of primary amides is 1. The van der Waals surface area contributed by atoms with Crippen molar-refractivity contribution in [2.24, 2.45) is 5.73 Å². The lowest BCUT2D eigenvalue weighted by molar-refractivity contribution is 0.100. The van der Waals surface area contributed by atoms with Gasteiger partial charge in [0.1, 0.15) is 11.3 Å². The third kappa shape index (κ3) is 2.53. The van der Waals surface area contributed by atoms with Gasteiger partial charge in [-0.3, -0.25) is 4.79 Å². The van der Waals surface area contributed by atoms with Gasteiger partial charge in [0, 0.05) is 22.2 Å². The molecule has 3 rings (SSSR count). The van der Waals surface area contributed by atoms with Crippen molar-refractivity contribution >= 4 is 17.2 Å². The third-order valence-electron chi connectivity index (χ3n) is 3.38. The Morgan fingerprint density at radius 1 is 1.41 bits per heavy atom. The van der Waals surface area contributed by atoms with E-state index >= 15 is 0 Å². The van der Waals surface area contributed by atoms with E-state index in [2.05, 4.69) is 9.97 Å². The van der Waals surface area contributed by atoms with Gasteiger partial charge in [0.15, 0.2) is 0 Å². The van der Waals surface area contributed by atoms with Crippen LogP contribution in [0.25, 0.3) is 22.0 Å². The smallest absolute Gasteiger partial charge is 0.249 e. The van der Waals surface area contributed by atoms with Crippen molar-refractivity contribution in [3.8, 4) is 22.0 Å². The number of aromatic nitrogens is 2. The Labute approximate surface area is 131 Å². The van der Waals surface area contributed by atoms with Crippen LogP contribution in [0.4, 0.5) is 0 Å². The van der Waals surface area contributed by atoms with Crippen LogP contribution >= 0.6 is 11.3 Å². The van der Waals surface area contributed by atoms with E-state index in [9.17, 15) is 4.79 Å². The summed E-state index contributed by atoms with van der Waals surface area (Å²) in [6.45, 7) is 3.96. The first-order valence-electron chi connectivity index (χ1n) is 6.89. The van der Waals surface area contributed by atoms with Crippen molar-refractivity contribution in [1.29, 1.82) is 0 Å². The molecule has 0 atom stereocenters. The molecule has 0 spiro atoms. The second-order valence-corrected chi connectivity index (χ2v) is 5.77. The lowest BCUT2D eigenvalue weighted by atomic mass is 9.95. The maximum atomic E-state index is 11.9. The lowest BCUT2D eigenvalue weighted by Crippen LogP contribution is -2.14. The molecular formula is C16H15N3O2S. The molecule has 0 aliphatic heterocycles. The summed E-state index contributed by atoms with van der Waals surface area (Å²) >= 11 is 1.51. The molecule has 1 amide bonds. The predicted octanol–water partition coefficient (Wildman–Crippen LogP) is 3.43. The first-order valence-corrected chi connectivity index (χ1v) is 7.77. The average Bonchev–Trinajstić information content (AvgIpc) is 3.17. The Morgan fingerprint density at radius 3 is 2.77 bits per heavy atom. The zero-order chi connectivity index (χ0) is 15.7. The van der Waals surface area contributed by atoms with Crippen molar-refractivity contribution in [3.63, 3.8) is 0 Å². The number of nitrogens with two attached hydrogens (primary N) is 1. The van der Waals surface area contributed by atoms with Crippen LogP contribution in [-0.4, -0.2) is 15.9 Å². The van der Waals surface area contributed by atoms with Crippen LogP contribution < -0.4 is 5.73 Å². The van der Waals surface area contributed by atoms with Crippen molar-refractivity contribution in [1.82, 2.24) is 9.97 Å². The average molecular weight is 313 g/mol. The van der Waals surface area contributed by atoms with Crippen LogP contribution in [0.3, 0.4) is 0 Å². The number of hydrogen-bond donors (Lipinski definition) is 1. The monoisotopic (exact) mass is 313 g/mol. The molecule has 3 aromatic rings. The first kappa shape index (κ1) is 14.5. The fraction of sp³-hybridized carbons (Fsp3) is 0.188. The van der Waals surface area contributed by atoms with Crippen molar-refractivity contribution < 1.29 is 9.21 Å². The van der Waals surface area contributed by atoms with Gasteiger partial charge in [0.25, 0.3) is 0 Å². The van der Waals surface area contributed by atoms with Crippen LogP contribution in [0.15, 0.2) is 34.4 Å². The van der Waals surface area contributed by atoms with Gasteiger partial charge in [-0.25, -0.2) is 9.97 Å². The van der Waals surface area contributed by atoms with Crippen LogP contribution in [0.1, 0.15) is 28.5 Å². The molecule has 2 aromatic heterocycles. The van der Waals surface area contributed by atoms with E-state index in [0.717, 1.165) is 33.8 Å². The highest BCUT2D eigenvalue weighted by atomic mass is 32.1. The second-order valence-electron chi connectivity index (χ2n) is 4.91. The Balaban J connectivity index is 2.26. The molecule has 112 valence electrons. The lowest BCUT2D eigenvalue weighted by Gasteiger charge is -2.12. The highest BCUT2D eigenvalue weighted by Gasteiger charge is 2.19. The third-order valence-corrected chi connectivity index (χ3v) is 4.36. The van der Waals surface area contributed by atoms with Crippen molar-refractivity contribution in [2.45, 2.75) is 20.3 Å². The fourth-order valence-corrected chi connectivity index (χ4v) is 3.28. The van der Waals surface area contributed by atoms with E-state index in [1.807, 2.05) is 25.3 Å². The molecule has 0 bridgehead atoms. The largest absolute Gasteiger partial charge is 0.445 e. The molecule has 0 radical (unpaired) electrons. The van der Waals surface area contributed by atoms with E-state index in [1.54, 1.807) is 12.3 Å². The standard InChI is InChI=1S/C16H15N3O2S/c1-3-10-6-11(15-18-4-5-21-15)7-12(14(17)20)13(10)16-19-9(2)8-22-16/h4-8H,3H2,1-2H3,(H2,17,20). The topological polar surface area (TPSA) is 82.0 Å². The number of carbonyl (C=O) groups excluding carboxylic acids is 1. The summed E-state index contributed by atoms with van der Waals surface area (Å²) in [6.07, 6.45) is 3.83. The van der Waals surface area contributed by atoms with Gasteiger partial charge < -0.3 is 10.2 Å². The van der Waals surface area contributed by atoms with Gasteiger partial charge in [0.2, 0.25) is 11.8 Å². The van der Waals surface area contributed by atoms with Gasteiger partial charge in [0.05, 0.1) is 11.8 Å². The molecule has 2 heterocycles. The van der Waals surface area contributed by atoms with Crippen molar-refractivity contribution in [3.05, 3.63) is 46.8 Å². The summed E-state index contributed by atoms with van der Waals surface area (Å²) in [5, 5.41) is 2.77. The molecule has 0 aliphatic rings. The van der Waals surface area contributed by atoms with Crippen LogP contribution in [0.5, 0.6) is 0 Å². The van der Waals surface area contributed by atoms with Crippen LogP contribution in [0.2, 0.25) is 0 Å². The minimum Gasteiger partial charge on any atom is -0.445 e. The quantitative estimate of drug-likeness (QED) is 0.800. The maximum absolute atomic E-state index is 11.9. The van der Waals surface area contributed by atoms with Gasteiger partial charge in [-0.2, -0.15) is 0 Å². The van der Waals surface area contributed by atoms with Crippen molar-refractivity contribution in [2.75, 3.05) is 0 Å². The minimum absolute atomic E-state index is 0.446. The summed E-state index contributed by atoms with van der Waals surface area (Å²) in [7, 11) is 0. The van der Waals surface area contributed by atoms with E-state index < -0.39 is 5.91 Å². The number of amides is 1. The SMILES string of the molecule is CCc1cc(-c2ncco2)cc(C(N)=O)c1-c1nc(C)cs1. The molecule has 6 heteroatoms. The highest BCUT2D eigenvalue weighted by Crippen LogP contribution is 2.34. The van der Waals surface area contributed by atoms with Gasteiger partial charge in [-0.1, -0.05) is 6.92 Å². The second kappa shape index (κ2) is 5.73. The number of carbonyl (C=O) groups is 1. The number of thiazole rings is 1. The summed E-state index contributed by atoms with van der Waals surface area (Å²) in [5.74, 6) is -0.00923. The number of hydrogen-bond acceptors (Lipinski definition) is 5. The highest BCUT2D eigenvalue weighted by molar-refractivity contribution is 7.13. The molecule has 2 N–H and O–H groups in total. The molecular weight excluding hydrogens is 298 g/mol. The maximum Gasteiger partial charge on any atom is 0.249 e.